The molecule has 0 saturated carbocycles. The van der Waals surface area contributed by atoms with Crippen molar-refractivity contribution >= 4 is 17.3 Å². The Morgan fingerprint density at radius 2 is 1.68 bits per heavy atom. The van der Waals surface area contributed by atoms with E-state index in [1.807, 2.05) is 14.1 Å². The van der Waals surface area contributed by atoms with E-state index in [0.717, 1.165) is 5.69 Å². The van der Waals surface area contributed by atoms with Crippen molar-refractivity contribution in [3.8, 4) is 0 Å². The quantitative estimate of drug-likeness (QED) is 0.890. The first-order valence-electron chi connectivity index (χ1n) is 6.87. The fraction of sp³-hybridized carbons (Fsp3) is 0.562. The fourth-order valence-corrected chi connectivity index (χ4v) is 2.40. The molecule has 0 heterocycles. The molecule has 0 aliphatic rings. The molecule has 19 heavy (non-hydrogen) atoms. The van der Waals surface area contributed by atoms with Crippen LogP contribution >= 0.6 is 0 Å². The van der Waals surface area contributed by atoms with Gasteiger partial charge in [-0.1, -0.05) is 33.8 Å². The van der Waals surface area contributed by atoms with Gasteiger partial charge in [0.2, 0.25) is 5.91 Å². The van der Waals surface area contributed by atoms with Gasteiger partial charge in [0.15, 0.2) is 0 Å². The Bertz CT molecular complexity index is 462. The smallest absolute Gasteiger partial charge is 0.221 e. The normalized spacial score (nSPS) is 11.0. The van der Waals surface area contributed by atoms with E-state index < -0.39 is 0 Å². The highest BCUT2D eigenvalue weighted by Crippen LogP contribution is 2.38. The third kappa shape index (κ3) is 3.49. The van der Waals surface area contributed by atoms with Crippen LogP contribution in [0.25, 0.3) is 0 Å². The Balaban J connectivity index is 3.56. The standard InChI is InChI=1S/C16H26N2O/c1-10(2)13-8-9-14(18(6)7)15(11(3)4)16(13)17-12(5)19/h8-11H,1-7H3,(H,17,19). The van der Waals surface area contributed by atoms with Crippen molar-refractivity contribution < 1.29 is 4.79 Å². The van der Waals surface area contributed by atoms with Gasteiger partial charge in [0.1, 0.15) is 0 Å². The summed E-state index contributed by atoms with van der Waals surface area (Å²) >= 11 is 0. The largest absolute Gasteiger partial charge is 0.377 e. The van der Waals surface area contributed by atoms with Crippen LogP contribution in [0, 0.1) is 0 Å². The van der Waals surface area contributed by atoms with Crippen LogP contribution in [0.3, 0.4) is 0 Å². The van der Waals surface area contributed by atoms with Crippen LogP contribution in [0.2, 0.25) is 0 Å². The molecule has 0 aliphatic heterocycles. The molecule has 1 amide bonds. The van der Waals surface area contributed by atoms with Crippen LogP contribution in [0.4, 0.5) is 11.4 Å². The molecule has 0 saturated heterocycles. The average Bonchev–Trinajstić information content (AvgIpc) is 2.26. The molecule has 1 rings (SSSR count). The van der Waals surface area contributed by atoms with Crippen molar-refractivity contribution in [3.63, 3.8) is 0 Å². The molecule has 0 bridgehead atoms. The van der Waals surface area contributed by atoms with Crippen LogP contribution in [0.1, 0.15) is 57.6 Å². The van der Waals surface area contributed by atoms with Crippen molar-refractivity contribution in [1.82, 2.24) is 0 Å². The summed E-state index contributed by atoms with van der Waals surface area (Å²) in [4.78, 5) is 13.6. The monoisotopic (exact) mass is 262 g/mol. The van der Waals surface area contributed by atoms with Gasteiger partial charge in [0, 0.05) is 38.0 Å². The van der Waals surface area contributed by atoms with E-state index in [-0.39, 0.29) is 5.91 Å². The Morgan fingerprint density at radius 1 is 1.11 bits per heavy atom. The van der Waals surface area contributed by atoms with Crippen LogP contribution in [0.15, 0.2) is 12.1 Å². The molecule has 3 heteroatoms. The van der Waals surface area contributed by atoms with Gasteiger partial charge in [0.25, 0.3) is 0 Å². The maximum atomic E-state index is 11.5. The van der Waals surface area contributed by atoms with Gasteiger partial charge in [0.05, 0.1) is 0 Å². The number of hydrogen-bond acceptors (Lipinski definition) is 2. The summed E-state index contributed by atoms with van der Waals surface area (Å²) in [7, 11) is 4.07. The van der Waals surface area contributed by atoms with Gasteiger partial charge in [-0.15, -0.1) is 0 Å². The summed E-state index contributed by atoms with van der Waals surface area (Å²) in [5, 5.41) is 3.03. The van der Waals surface area contributed by atoms with Crippen molar-refractivity contribution in [2.75, 3.05) is 24.3 Å². The second-order valence-corrected chi connectivity index (χ2v) is 5.85. The minimum Gasteiger partial charge on any atom is -0.377 e. The molecule has 0 aromatic heterocycles. The van der Waals surface area contributed by atoms with E-state index in [0.29, 0.717) is 11.8 Å². The number of carbonyl (C=O) groups excluding carboxylic acids is 1. The number of carbonyl (C=O) groups is 1. The first-order valence-corrected chi connectivity index (χ1v) is 6.87. The van der Waals surface area contributed by atoms with E-state index in [4.69, 9.17) is 0 Å². The predicted molar refractivity (Wildman–Crippen MR) is 83.3 cm³/mol. The number of nitrogens with zero attached hydrogens (tertiary/aromatic N) is 1. The van der Waals surface area contributed by atoms with E-state index >= 15 is 0 Å². The van der Waals surface area contributed by atoms with Crippen LogP contribution < -0.4 is 10.2 Å². The summed E-state index contributed by atoms with van der Waals surface area (Å²) in [5.74, 6) is 0.730. The van der Waals surface area contributed by atoms with Crippen molar-refractivity contribution in [1.29, 1.82) is 0 Å². The maximum absolute atomic E-state index is 11.5. The number of anilines is 2. The van der Waals surface area contributed by atoms with Gasteiger partial charge in [-0.05, 0) is 23.5 Å². The summed E-state index contributed by atoms with van der Waals surface area (Å²) in [6.45, 7) is 10.2. The lowest BCUT2D eigenvalue weighted by Gasteiger charge is -2.26. The van der Waals surface area contributed by atoms with Gasteiger partial charge in [-0.25, -0.2) is 0 Å². The second kappa shape index (κ2) is 6.09. The third-order valence-electron chi connectivity index (χ3n) is 3.24. The summed E-state index contributed by atoms with van der Waals surface area (Å²) in [5.41, 5.74) is 4.57. The number of amides is 1. The van der Waals surface area contributed by atoms with Gasteiger partial charge in [-0.2, -0.15) is 0 Å². The minimum atomic E-state index is -0.0142. The van der Waals surface area contributed by atoms with Crippen molar-refractivity contribution in [2.45, 2.75) is 46.5 Å². The molecular weight excluding hydrogens is 236 g/mol. The van der Waals surface area contributed by atoms with E-state index in [1.54, 1.807) is 6.92 Å². The topological polar surface area (TPSA) is 32.3 Å². The zero-order valence-corrected chi connectivity index (χ0v) is 13.2. The number of benzene rings is 1. The second-order valence-electron chi connectivity index (χ2n) is 5.85. The van der Waals surface area contributed by atoms with Crippen LogP contribution in [-0.2, 0) is 4.79 Å². The molecule has 106 valence electrons. The minimum absolute atomic E-state index is 0.0142. The Morgan fingerprint density at radius 3 is 2.05 bits per heavy atom. The molecule has 0 aliphatic carbocycles. The predicted octanol–water partition coefficient (Wildman–Crippen LogP) is 3.96. The first kappa shape index (κ1) is 15.5. The Kier molecular flexibility index (Phi) is 4.98. The Labute approximate surface area is 117 Å². The molecule has 1 aromatic rings. The van der Waals surface area contributed by atoms with Gasteiger partial charge in [-0.3, -0.25) is 4.79 Å². The molecule has 1 aromatic carbocycles. The molecule has 0 atom stereocenters. The molecule has 0 radical (unpaired) electrons. The fourth-order valence-electron chi connectivity index (χ4n) is 2.40. The lowest BCUT2D eigenvalue weighted by molar-refractivity contribution is -0.114. The van der Waals surface area contributed by atoms with Crippen molar-refractivity contribution in [2.24, 2.45) is 0 Å². The highest BCUT2D eigenvalue weighted by molar-refractivity contribution is 5.92. The lowest BCUT2D eigenvalue weighted by Crippen LogP contribution is -2.17. The summed E-state index contributed by atoms with van der Waals surface area (Å²) in [6.07, 6.45) is 0. The van der Waals surface area contributed by atoms with E-state index in [9.17, 15) is 4.79 Å². The Hall–Kier alpha value is -1.51. The summed E-state index contributed by atoms with van der Waals surface area (Å²) in [6, 6.07) is 4.27. The zero-order chi connectivity index (χ0) is 14.7. The number of hydrogen-bond donors (Lipinski definition) is 1. The molecule has 1 N–H and O–H groups in total. The number of rotatable bonds is 4. The highest BCUT2D eigenvalue weighted by Gasteiger charge is 2.19. The molecule has 0 unspecified atom stereocenters. The first-order chi connectivity index (χ1) is 8.75. The molecular formula is C16H26N2O. The highest BCUT2D eigenvalue weighted by atomic mass is 16.1. The zero-order valence-electron chi connectivity index (χ0n) is 13.2. The SMILES string of the molecule is CC(=O)Nc1c(C(C)C)ccc(N(C)C)c1C(C)C. The maximum Gasteiger partial charge on any atom is 0.221 e. The molecule has 0 fully saturated rings. The van der Waals surface area contributed by atoms with E-state index in [1.165, 1.54) is 16.8 Å². The average molecular weight is 262 g/mol. The lowest BCUT2D eigenvalue weighted by atomic mass is 9.90. The van der Waals surface area contributed by atoms with Crippen molar-refractivity contribution in [3.05, 3.63) is 23.3 Å². The van der Waals surface area contributed by atoms with Crippen LogP contribution in [0.5, 0.6) is 0 Å². The molecule has 3 nitrogen and oxygen atoms in total. The molecule has 0 spiro atoms. The van der Waals surface area contributed by atoms with Gasteiger partial charge >= 0.3 is 0 Å². The summed E-state index contributed by atoms with van der Waals surface area (Å²) < 4.78 is 0. The van der Waals surface area contributed by atoms with Crippen LogP contribution in [-0.4, -0.2) is 20.0 Å². The van der Waals surface area contributed by atoms with E-state index in [2.05, 4.69) is 50.0 Å². The number of nitrogens with one attached hydrogen (secondary N) is 1. The van der Waals surface area contributed by atoms with Gasteiger partial charge < -0.3 is 10.2 Å². The third-order valence-corrected chi connectivity index (χ3v) is 3.24.